The molecule has 0 aliphatic rings. The Hall–Kier alpha value is -1.48. The van der Waals surface area contributed by atoms with Crippen molar-refractivity contribution in [2.75, 3.05) is 5.73 Å². The summed E-state index contributed by atoms with van der Waals surface area (Å²) in [5.74, 6) is 0.450. The van der Waals surface area contributed by atoms with Crippen molar-refractivity contribution < 1.29 is 4.39 Å². The molecule has 2 N–H and O–H groups in total. The summed E-state index contributed by atoms with van der Waals surface area (Å²) in [6.45, 7) is 0. The molecule has 0 unspecified atom stereocenters. The second-order valence-electron chi connectivity index (χ2n) is 3.44. The SMILES string of the molecule is Nc1ccc(F)cc1CSc1ccccc1. The van der Waals surface area contributed by atoms with Crippen molar-refractivity contribution in [3.8, 4) is 0 Å². The number of halogens is 1. The van der Waals surface area contributed by atoms with Gasteiger partial charge >= 0.3 is 0 Å². The van der Waals surface area contributed by atoms with E-state index in [4.69, 9.17) is 5.73 Å². The predicted molar refractivity (Wildman–Crippen MR) is 66.8 cm³/mol. The standard InChI is InChI=1S/C13H12FNS/c14-11-6-7-13(15)10(8-11)9-16-12-4-2-1-3-5-12/h1-8H,9,15H2. The van der Waals surface area contributed by atoms with Crippen LogP contribution in [0.1, 0.15) is 5.56 Å². The molecule has 82 valence electrons. The lowest BCUT2D eigenvalue weighted by molar-refractivity contribution is 0.627. The molecule has 0 fully saturated rings. The highest BCUT2D eigenvalue weighted by Crippen LogP contribution is 2.25. The first-order chi connectivity index (χ1) is 7.75. The number of hydrogen-bond acceptors (Lipinski definition) is 2. The van der Waals surface area contributed by atoms with Crippen LogP contribution in [-0.2, 0) is 5.75 Å². The molecule has 2 aromatic rings. The van der Waals surface area contributed by atoms with Crippen LogP contribution in [0.15, 0.2) is 53.4 Å². The Morgan fingerprint density at radius 2 is 1.81 bits per heavy atom. The molecule has 16 heavy (non-hydrogen) atoms. The van der Waals surface area contributed by atoms with Gasteiger partial charge in [-0.2, -0.15) is 0 Å². The lowest BCUT2D eigenvalue weighted by Gasteiger charge is -2.05. The maximum absolute atomic E-state index is 13.0. The first-order valence-electron chi connectivity index (χ1n) is 4.97. The fraction of sp³-hybridized carbons (Fsp3) is 0.0769. The molecule has 0 saturated carbocycles. The highest BCUT2D eigenvalue weighted by Gasteiger charge is 2.02. The monoisotopic (exact) mass is 233 g/mol. The third-order valence-electron chi connectivity index (χ3n) is 2.24. The van der Waals surface area contributed by atoms with Crippen LogP contribution in [0.2, 0.25) is 0 Å². The minimum atomic E-state index is -0.238. The lowest BCUT2D eigenvalue weighted by atomic mass is 10.2. The van der Waals surface area contributed by atoms with E-state index in [0.29, 0.717) is 11.4 Å². The van der Waals surface area contributed by atoms with Crippen LogP contribution in [0.4, 0.5) is 10.1 Å². The van der Waals surface area contributed by atoms with Crippen molar-refractivity contribution in [3.05, 3.63) is 59.9 Å². The van der Waals surface area contributed by atoms with E-state index in [-0.39, 0.29) is 5.82 Å². The zero-order chi connectivity index (χ0) is 11.4. The first-order valence-corrected chi connectivity index (χ1v) is 5.96. The Morgan fingerprint density at radius 1 is 1.06 bits per heavy atom. The zero-order valence-electron chi connectivity index (χ0n) is 8.69. The van der Waals surface area contributed by atoms with Crippen molar-refractivity contribution in [3.63, 3.8) is 0 Å². The quantitative estimate of drug-likeness (QED) is 0.646. The number of nitrogen functional groups attached to an aromatic ring is 1. The molecule has 1 nitrogen and oxygen atoms in total. The van der Waals surface area contributed by atoms with Crippen LogP contribution in [0.3, 0.4) is 0 Å². The number of nitrogens with two attached hydrogens (primary N) is 1. The Balaban J connectivity index is 2.08. The molecule has 0 aliphatic carbocycles. The van der Waals surface area contributed by atoms with Gasteiger partial charge in [0.1, 0.15) is 5.82 Å². The average molecular weight is 233 g/mol. The molecule has 0 aromatic heterocycles. The van der Waals surface area contributed by atoms with Crippen LogP contribution in [0.25, 0.3) is 0 Å². The first kappa shape index (κ1) is 11.0. The van der Waals surface area contributed by atoms with E-state index in [0.717, 1.165) is 10.5 Å². The molecule has 0 atom stereocenters. The number of benzene rings is 2. The summed E-state index contributed by atoms with van der Waals surface area (Å²) in [7, 11) is 0. The van der Waals surface area contributed by atoms with E-state index >= 15 is 0 Å². The summed E-state index contributed by atoms with van der Waals surface area (Å²) >= 11 is 1.65. The molecular weight excluding hydrogens is 221 g/mol. The van der Waals surface area contributed by atoms with Crippen molar-refractivity contribution >= 4 is 17.4 Å². The van der Waals surface area contributed by atoms with Gasteiger partial charge in [-0.15, -0.1) is 11.8 Å². The molecule has 0 aliphatic heterocycles. The summed E-state index contributed by atoms with van der Waals surface area (Å²) in [4.78, 5) is 1.16. The van der Waals surface area contributed by atoms with Crippen LogP contribution < -0.4 is 5.73 Å². The third-order valence-corrected chi connectivity index (χ3v) is 3.30. The van der Waals surface area contributed by atoms with Crippen molar-refractivity contribution in [1.82, 2.24) is 0 Å². The number of thioether (sulfide) groups is 1. The molecule has 0 amide bonds. The van der Waals surface area contributed by atoms with Gasteiger partial charge in [-0.05, 0) is 35.9 Å². The third kappa shape index (κ3) is 2.76. The maximum atomic E-state index is 13.0. The van der Waals surface area contributed by atoms with Crippen LogP contribution in [0, 0.1) is 5.82 Å². The van der Waals surface area contributed by atoms with Crippen LogP contribution in [0.5, 0.6) is 0 Å². The molecule has 3 heteroatoms. The van der Waals surface area contributed by atoms with Crippen molar-refractivity contribution in [2.24, 2.45) is 0 Å². The largest absolute Gasteiger partial charge is 0.398 e. The molecule has 2 aromatic carbocycles. The predicted octanol–water partition coefficient (Wildman–Crippen LogP) is 3.70. The summed E-state index contributed by atoms with van der Waals surface area (Å²) in [6.07, 6.45) is 0. The van der Waals surface area contributed by atoms with E-state index < -0.39 is 0 Å². The van der Waals surface area contributed by atoms with Gasteiger partial charge in [0.05, 0.1) is 0 Å². The van der Waals surface area contributed by atoms with Gasteiger partial charge in [-0.25, -0.2) is 4.39 Å². The minimum Gasteiger partial charge on any atom is -0.398 e. The van der Waals surface area contributed by atoms with Crippen molar-refractivity contribution in [2.45, 2.75) is 10.6 Å². The second-order valence-corrected chi connectivity index (χ2v) is 4.49. The van der Waals surface area contributed by atoms with Crippen LogP contribution >= 0.6 is 11.8 Å². The fourth-order valence-corrected chi connectivity index (χ4v) is 2.30. The number of rotatable bonds is 3. The Labute approximate surface area is 98.5 Å². The van der Waals surface area contributed by atoms with Gasteiger partial charge in [0.15, 0.2) is 0 Å². The van der Waals surface area contributed by atoms with Gasteiger partial charge in [0.25, 0.3) is 0 Å². The van der Waals surface area contributed by atoms with Gasteiger partial charge in [0.2, 0.25) is 0 Å². The van der Waals surface area contributed by atoms with E-state index in [1.54, 1.807) is 17.8 Å². The Morgan fingerprint density at radius 3 is 2.56 bits per heavy atom. The van der Waals surface area contributed by atoms with E-state index in [1.165, 1.54) is 12.1 Å². The lowest BCUT2D eigenvalue weighted by Crippen LogP contribution is -1.93. The normalized spacial score (nSPS) is 10.3. The molecule has 0 saturated heterocycles. The molecule has 0 heterocycles. The van der Waals surface area contributed by atoms with Crippen molar-refractivity contribution in [1.29, 1.82) is 0 Å². The molecular formula is C13H12FNS. The number of hydrogen-bond donors (Lipinski definition) is 1. The van der Waals surface area contributed by atoms with Gasteiger partial charge in [-0.1, -0.05) is 18.2 Å². The topological polar surface area (TPSA) is 26.0 Å². The summed E-state index contributed by atoms with van der Waals surface area (Å²) in [5, 5.41) is 0. The van der Waals surface area contributed by atoms with E-state index in [1.807, 2.05) is 30.3 Å². The van der Waals surface area contributed by atoms with Gasteiger partial charge < -0.3 is 5.73 Å². The van der Waals surface area contributed by atoms with Gasteiger partial charge in [0, 0.05) is 16.3 Å². The molecule has 0 bridgehead atoms. The van der Waals surface area contributed by atoms with E-state index in [9.17, 15) is 4.39 Å². The Bertz CT molecular complexity index is 471. The number of anilines is 1. The zero-order valence-corrected chi connectivity index (χ0v) is 9.51. The second kappa shape index (κ2) is 5.03. The smallest absolute Gasteiger partial charge is 0.123 e. The summed E-state index contributed by atoms with van der Waals surface area (Å²) in [6, 6.07) is 14.5. The average Bonchev–Trinajstić information content (AvgIpc) is 2.32. The molecule has 0 spiro atoms. The Kier molecular flexibility index (Phi) is 3.47. The maximum Gasteiger partial charge on any atom is 0.123 e. The summed E-state index contributed by atoms with van der Waals surface area (Å²) < 4.78 is 13.0. The van der Waals surface area contributed by atoms with E-state index in [2.05, 4.69) is 0 Å². The molecule has 2 rings (SSSR count). The fourth-order valence-electron chi connectivity index (χ4n) is 1.38. The van der Waals surface area contributed by atoms with Crippen LogP contribution in [-0.4, -0.2) is 0 Å². The highest BCUT2D eigenvalue weighted by atomic mass is 32.2. The highest BCUT2D eigenvalue weighted by molar-refractivity contribution is 7.98. The minimum absolute atomic E-state index is 0.238. The summed E-state index contributed by atoms with van der Waals surface area (Å²) in [5.41, 5.74) is 7.26. The molecule has 0 radical (unpaired) electrons. The van der Waals surface area contributed by atoms with Gasteiger partial charge in [-0.3, -0.25) is 0 Å².